The third-order valence-corrected chi connectivity index (χ3v) is 2.56. The molecule has 2 aromatic rings. The summed E-state index contributed by atoms with van der Waals surface area (Å²) >= 11 is 0. The lowest BCUT2D eigenvalue weighted by Crippen LogP contribution is -1.99. The number of hydrogen-bond acceptors (Lipinski definition) is 3. The number of rotatable bonds is 3. The Morgan fingerprint density at radius 1 is 1.35 bits per heavy atom. The van der Waals surface area contributed by atoms with E-state index in [1.54, 1.807) is 12.4 Å². The lowest BCUT2D eigenvalue weighted by Gasteiger charge is -1.99. The van der Waals surface area contributed by atoms with E-state index in [2.05, 4.69) is 15.1 Å². The number of fused-ring (bicyclic) bond motifs is 1. The number of aliphatic imine (C=N–C) groups is 1. The molecule has 0 radical (unpaired) electrons. The van der Waals surface area contributed by atoms with E-state index in [4.69, 9.17) is 0 Å². The van der Waals surface area contributed by atoms with Crippen molar-refractivity contribution in [2.45, 2.75) is 27.2 Å². The van der Waals surface area contributed by atoms with Gasteiger partial charge in [-0.2, -0.15) is 5.10 Å². The third kappa shape index (κ3) is 2.41. The standard InChI is InChI=1S/C13H16N4/c1-4-14-9-5-6-12-11(3)15-13-8-7-10(2)16-17(12)13/h4-5,7-9H,6H2,1-3H3/b9-5-,14-4?. The molecule has 0 bridgehead atoms. The Bertz CT molecular complexity index is 578. The zero-order valence-corrected chi connectivity index (χ0v) is 10.4. The van der Waals surface area contributed by atoms with E-state index in [1.165, 1.54) is 0 Å². The van der Waals surface area contributed by atoms with Crippen LogP contribution in [-0.4, -0.2) is 20.8 Å². The summed E-state index contributed by atoms with van der Waals surface area (Å²) in [5.74, 6) is 0. The van der Waals surface area contributed by atoms with E-state index in [-0.39, 0.29) is 0 Å². The van der Waals surface area contributed by atoms with Gasteiger partial charge in [-0.1, -0.05) is 6.08 Å². The van der Waals surface area contributed by atoms with Crippen molar-refractivity contribution < 1.29 is 0 Å². The largest absolute Gasteiger partial charge is 0.270 e. The first kappa shape index (κ1) is 11.5. The summed E-state index contributed by atoms with van der Waals surface area (Å²) in [6, 6.07) is 3.97. The average Bonchev–Trinajstić information content (AvgIpc) is 2.61. The number of allylic oxidation sites excluding steroid dienone is 1. The Kier molecular flexibility index (Phi) is 3.32. The molecule has 88 valence electrons. The van der Waals surface area contributed by atoms with Gasteiger partial charge in [0.25, 0.3) is 0 Å². The van der Waals surface area contributed by atoms with E-state index in [0.717, 1.165) is 29.1 Å². The summed E-state index contributed by atoms with van der Waals surface area (Å²) in [5, 5.41) is 4.48. The normalized spacial score (nSPS) is 12.2. The summed E-state index contributed by atoms with van der Waals surface area (Å²) in [6.45, 7) is 5.89. The van der Waals surface area contributed by atoms with E-state index < -0.39 is 0 Å². The smallest absolute Gasteiger partial charge is 0.154 e. The van der Waals surface area contributed by atoms with Crippen molar-refractivity contribution in [3.63, 3.8) is 0 Å². The van der Waals surface area contributed by atoms with Crippen LogP contribution in [0.3, 0.4) is 0 Å². The molecule has 2 rings (SSSR count). The Morgan fingerprint density at radius 3 is 2.94 bits per heavy atom. The van der Waals surface area contributed by atoms with Crippen molar-refractivity contribution in [1.82, 2.24) is 14.6 Å². The Hall–Kier alpha value is -1.97. The van der Waals surface area contributed by atoms with E-state index >= 15 is 0 Å². The van der Waals surface area contributed by atoms with E-state index in [0.29, 0.717) is 0 Å². The van der Waals surface area contributed by atoms with Crippen molar-refractivity contribution in [3.8, 4) is 0 Å². The minimum Gasteiger partial charge on any atom is -0.270 e. The van der Waals surface area contributed by atoms with Gasteiger partial charge in [0.1, 0.15) is 0 Å². The van der Waals surface area contributed by atoms with Gasteiger partial charge in [-0.25, -0.2) is 9.50 Å². The van der Waals surface area contributed by atoms with Crippen LogP contribution in [-0.2, 0) is 6.42 Å². The Balaban J connectivity index is 2.38. The molecule has 4 heteroatoms. The first-order valence-electron chi connectivity index (χ1n) is 5.67. The molecule has 4 nitrogen and oxygen atoms in total. The van der Waals surface area contributed by atoms with Gasteiger partial charge in [-0.15, -0.1) is 0 Å². The summed E-state index contributed by atoms with van der Waals surface area (Å²) in [5.41, 5.74) is 4.03. The molecule has 0 spiro atoms. The lowest BCUT2D eigenvalue weighted by molar-refractivity contribution is 0.848. The van der Waals surface area contributed by atoms with Crippen molar-refractivity contribution in [3.05, 3.63) is 41.5 Å². The molecule has 0 aliphatic heterocycles. The van der Waals surface area contributed by atoms with Crippen LogP contribution < -0.4 is 0 Å². The second-order valence-electron chi connectivity index (χ2n) is 3.88. The zero-order chi connectivity index (χ0) is 12.3. The van der Waals surface area contributed by atoms with Gasteiger partial charge in [0, 0.05) is 18.8 Å². The fourth-order valence-corrected chi connectivity index (χ4v) is 1.73. The second kappa shape index (κ2) is 4.91. The van der Waals surface area contributed by atoms with Gasteiger partial charge in [0.05, 0.1) is 17.1 Å². The minimum atomic E-state index is 0.792. The first-order valence-corrected chi connectivity index (χ1v) is 5.67. The molecule has 2 heterocycles. The first-order chi connectivity index (χ1) is 8.22. The monoisotopic (exact) mass is 228 g/mol. The molecule has 0 aromatic carbocycles. The predicted octanol–water partition coefficient (Wildman–Crippen LogP) is 2.49. The van der Waals surface area contributed by atoms with Crippen molar-refractivity contribution in [2.75, 3.05) is 0 Å². The number of hydrogen-bond donors (Lipinski definition) is 0. The maximum Gasteiger partial charge on any atom is 0.154 e. The Labute approximate surface area is 101 Å². The molecule has 0 amide bonds. The van der Waals surface area contributed by atoms with Crippen LogP contribution in [0.25, 0.3) is 5.65 Å². The Morgan fingerprint density at radius 2 is 2.18 bits per heavy atom. The maximum atomic E-state index is 4.48. The summed E-state index contributed by atoms with van der Waals surface area (Å²) in [4.78, 5) is 8.52. The molecule has 0 atom stereocenters. The molecule has 0 unspecified atom stereocenters. The molecular weight excluding hydrogens is 212 g/mol. The highest BCUT2D eigenvalue weighted by Crippen LogP contribution is 2.12. The highest BCUT2D eigenvalue weighted by molar-refractivity contribution is 5.54. The molecule has 17 heavy (non-hydrogen) atoms. The SMILES string of the molecule is CC=N/C=C\Cc1c(C)nc2ccc(C)nn12. The van der Waals surface area contributed by atoms with Crippen LogP contribution in [0.15, 0.2) is 29.4 Å². The van der Waals surface area contributed by atoms with Gasteiger partial charge in [-0.05, 0) is 32.9 Å². The fourth-order valence-electron chi connectivity index (χ4n) is 1.73. The number of aryl methyl sites for hydroxylation is 2. The molecule has 0 saturated heterocycles. The van der Waals surface area contributed by atoms with Gasteiger partial charge >= 0.3 is 0 Å². The van der Waals surface area contributed by atoms with Crippen LogP contribution in [0.1, 0.15) is 24.0 Å². The quantitative estimate of drug-likeness (QED) is 0.757. The zero-order valence-electron chi connectivity index (χ0n) is 10.4. The minimum absolute atomic E-state index is 0.792. The highest BCUT2D eigenvalue weighted by Gasteiger charge is 2.07. The summed E-state index contributed by atoms with van der Waals surface area (Å²) in [7, 11) is 0. The molecule has 0 saturated carbocycles. The average molecular weight is 228 g/mol. The van der Waals surface area contributed by atoms with Crippen LogP contribution in [0.5, 0.6) is 0 Å². The van der Waals surface area contributed by atoms with Crippen LogP contribution in [0.4, 0.5) is 0 Å². The molecular formula is C13H16N4. The van der Waals surface area contributed by atoms with Crippen LogP contribution >= 0.6 is 0 Å². The summed E-state index contributed by atoms with van der Waals surface area (Å²) < 4.78 is 1.91. The fraction of sp³-hybridized carbons (Fsp3) is 0.308. The van der Waals surface area contributed by atoms with Gasteiger partial charge in [0.15, 0.2) is 5.65 Å². The van der Waals surface area contributed by atoms with E-state index in [1.807, 2.05) is 43.5 Å². The third-order valence-electron chi connectivity index (χ3n) is 2.56. The maximum absolute atomic E-state index is 4.48. The molecule has 0 aliphatic rings. The predicted molar refractivity (Wildman–Crippen MR) is 69.5 cm³/mol. The number of imidazole rings is 1. The molecule has 2 aromatic heterocycles. The van der Waals surface area contributed by atoms with Gasteiger partial charge in [-0.3, -0.25) is 4.99 Å². The summed E-state index contributed by atoms with van der Waals surface area (Å²) in [6.07, 6.45) is 6.37. The molecule has 0 aliphatic carbocycles. The number of aromatic nitrogens is 3. The second-order valence-corrected chi connectivity index (χ2v) is 3.88. The van der Waals surface area contributed by atoms with Crippen LogP contribution in [0.2, 0.25) is 0 Å². The molecule has 0 N–H and O–H groups in total. The van der Waals surface area contributed by atoms with Crippen molar-refractivity contribution in [2.24, 2.45) is 4.99 Å². The van der Waals surface area contributed by atoms with Crippen molar-refractivity contribution in [1.29, 1.82) is 0 Å². The topological polar surface area (TPSA) is 42.5 Å². The van der Waals surface area contributed by atoms with E-state index in [9.17, 15) is 0 Å². The molecule has 0 fully saturated rings. The highest BCUT2D eigenvalue weighted by atomic mass is 15.3. The van der Waals surface area contributed by atoms with Gasteiger partial charge < -0.3 is 0 Å². The van der Waals surface area contributed by atoms with Crippen molar-refractivity contribution >= 4 is 11.9 Å². The number of nitrogens with zero attached hydrogens (tertiary/aromatic N) is 4. The van der Waals surface area contributed by atoms with Crippen LogP contribution in [0, 0.1) is 13.8 Å². The van der Waals surface area contributed by atoms with Gasteiger partial charge in [0.2, 0.25) is 0 Å². The lowest BCUT2D eigenvalue weighted by atomic mass is 10.2.